The van der Waals surface area contributed by atoms with Gasteiger partial charge in [-0.15, -0.1) is 35.9 Å². The molecule has 0 saturated heterocycles. The van der Waals surface area contributed by atoms with Crippen molar-refractivity contribution in [3.63, 3.8) is 0 Å². The number of pyridine rings is 1. The van der Waals surface area contributed by atoms with E-state index in [4.69, 9.17) is 0 Å². The molecule has 4 atom stereocenters. The van der Waals surface area contributed by atoms with E-state index in [1.54, 1.807) is 0 Å². The van der Waals surface area contributed by atoms with Gasteiger partial charge in [0.15, 0.2) is 0 Å². The Balaban J connectivity index is 0.000000207. The van der Waals surface area contributed by atoms with Crippen molar-refractivity contribution in [1.82, 2.24) is 4.98 Å². The number of nitrogens with zero attached hydrogens (tertiary/aromatic N) is 1. The van der Waals surface area contributed by atoms with Crippen LogP contribution in [0, 0.1) is 35.7 Å². The smallest absolute Gasteiger partial charge is 0.0651 e. The molecule has 2 aliphatic carbocycles. The maximum Gasteiger partial charge on any atom is 0.0651 e. The molecule has 5 rings (SSSR count). The normalized spacial score (nSPS) is 25.4. The summed E-state index contributed by atoms with van der Waals surface area (Å²) in [7, 11) is 0. The first-order chi connectivity index (χ1) is 17.8. The first kappa shape index (κ1) is 31.0. The van der Waals surface area contributed by atoms with Crippen LogP contribution in [0.5, 0.6) is 0 Å². The molecule has 2 N–H and O–H groups in total. The van der Waals surface area contributed by atoms with E-state index in [0.29, 0.717) is 5.92 Å². The predicted octanol–water partition coefficient (Wildman–Crippen LogP) is 8.15. The molecule has 2 fully saturated rings. The third-order valence-corrected chi connectivity index (χ3v) is 10.1. The standard InChI is InChI=1S/C18H34O2.C16H12N.Ir/c1-5-17(6-2)11-9-10-13-12-18(7-3,8-4)16(20)14(13)15(17)19;1-12-7-8-14-10-16(17-11-15(14)9-12)13-5-3-2-4-6-13;/h13-16,19-20H,5-12H2,1-4H3;2-5,7-11H,1H3;/q;-1;. The van der Waals surface area contributed by atoms with Crippen molar-refractivity contribution in [3.8, 4) is 11.3 Å². The summed E-state index contributed by atoms with van der Waals surface area (Å²) in [5, 5.41) is 24.5. The SMILES string of the molecule is CCC1(CC)CCCC2CC(CC)(CC)C(O)C2C1O.Cc1ccc2cc(-c3[c-]cccc3)ncc2c1.[Ir]. The molecule has 38 heavy (non-hydrogen) atoms. The Morgan fingerprint density at radius 2 is 1.58 bits per heavy atom. The molecular formula is C34H46IrNO2-. The molecule has 2 saturated carbocycles. The number of aromatic nitrogens is 1. The Morgan fingerprint density at radius 1 is 0.895 bits per heavy atom. The van der Waals surface area contributed by atoms with Crippen molar-refractivity contribution in [2.24, 2.45) is 22.7 Å². The maximum absolute atomic E-state index is 11.1. The van der Waals surface area contributed by atoms with E-state index < -0.39 is 0 Å². The number of aryl methyl sites for hydroxylation is 1. The summed E-state index contributed by atoms with van der Waals surface area (Å²) in [5.74, 6) is 0.636. The van der Waals surface area contributed by atoms with E-state index in [1.807, 2.05) is 30.5 Å². The van der Waals surface area contributed by atoms with Crippen LogP contribution in [0.15, 0.2) is 54.7 Å². The number of aliphatic hydroxyl groups is 2. The molecule has 3 aromatic rings. The van der Waals surface area contributed by atoms with Gasteiger partial charge in [0.1, 0.15) is 0 Å². The molecule has 0 amide bonds. The molecule has 2 aromatic carbocycles. The van der Waals surface area contributed by atoms with Crippen LogP contribution in [0.4, 0.5) is 0 Å². The quantitative estimate of drug-likeness (QED) is 0.266. The zero-order chi connectivity index (χ0) is 26.6. The van der Waals surface area contributed by atoms with Gasteiger partial charge in [0.2, 0.25) is 0 Å². The van der Waals surface area contributed by atoms with E-state index in [1.165, 1.54) is 29.2 Å². The second-order valence-corrected chi connectivity index (χ2v) is 11.7. The number of fused-ring (bicyclic) bond motifs is 2. The minimum atomic E-state index is -0.319. The first-order valence-corrected chi connectivity index (χ1v) is 14.5. The topological polar surface area (TPSA) is 53.4 Å². The maximum atomic E-state index is 11.1. The van der Waals surface area contributed by atoms with Crippen LogP contribution in [0.3, 0.4) is 0 Å². The van der Waals surface area contributed by atoms with Crippen LogP contribution < -0.4 is 0 Å². The van der Waals surface area contributed by atoms with E-state index in [0.717, 1.165) is 49.8 Å². The Labute approximate surface area is 243 Å². The molecular weight excluding hydrogens is 647 g/mol. The van der Waals surface area contributed by atoms with Gasteiger partial charge in [-0.05, 0) is 91.2 Å². The van der Waals surface area contributed by atoms with E-state index in [9.17, 15) is 10.2 Å². The van der Waals surface area contributed by atoms with Crippen LogP contribution in [0.2, 0.25) is 0 Å². The van der Waals surface area contributed by atoms with Crippen molar-refractivity contribution in [2.45, 2.75) is 98.2 Å². The van der Waals surface area contributed by atoms with Gasteiger partial charge in [-0.2, -0.15) is 0 Å². The average molecular weight is 693 g/mol. The second-order valence-electron chi connectivity index (χ2n) is 11.7. The number of hydrogen-bond acceptors (Lipinski definition) is 3. The summed E-state index contributed by atoms with van der Waals surface area (Å²) >= 11 is 0. The molecule has 4 unspecified atom stereocenters. The minimum Gasteiger partial charge on any atom is -0.392 e. The van der Waals surface area contributed by atoms with Crippen molar-refractivity contribution in [3.05, 3.63) is 66.4 Å². The van der Waals surface area contributed by atoms with Gasteiger partial charge >= 0.3 is 0 Å². The van der Waals surface area contributed by atoms with Gasteiger partial charge in [-0.25, -0.2) is 0 Å². The van der Waals surface area contributed by atoms with Gasteiger partial charge in [0.25, 0.3) is 0 Å². The summed E-state index contributed by atoms with van der Waals surface area (Å²) in [6.45, 7) is 10.9. The second kappa shape index (κ2) is 13.2. The molecule has 0 aliphatic heterocycles. The molecule has 3 nitrogen and oxygen atoms in total. The number of benzene rings is 2. The fourth-order valence-corrected chi connectivity index (χ4v) is 7.38. The number of aliphatic hydroxyl groups excluding tert-OH is 2. The summed E-state index contributed by atoms with van der Waals surface area (Å²) in [5.41, 5.74) is 3.37. The zero-order valence-electron chi connectivity index (χ0n) is 23.8. The molecule has 209 valence electrons. The van der Waals surface area contributed by atoms with Crippen molar-refractivity contribution >= 4 is 10.8 Å². The fraction of sp³-hybridized carbons (Fsp3) is 0.559. The molecule has 1 radical (unpaired) electrons. The average Bonchev–Trinajstić information content (AvgIpc) is 3.14. The number of rotatable bonds is 5. The monoisotopic (exact) mass is 693 g/mol. The Morgan fingerprint density at radius 3 is 2.21 bits per heavy atom. The Kier molecular flexibility index (Phi) is 10.7. The largest absolute Gasteiger partial charge is 0.392 e. The molecule has 4 heteroatoms. The summed E-state index contributed by atoms with van der Waals surface area (Å²) in [4.78, 5) is 4.49. The van der Waals surface area contributed by atoms with Crippen LogP contribution in [0.25, 0.3) is 22.0 Å². The van der Waals surface area contributed by atoms with E-state index in [2.05, 4.69) is 69.9 Å². The summed E-state index contributed by atoms with van der Waals surface area (Å²) < 4.78 is 0. The third-order valence-electron chi connectivity index (χ3n) is 10.1. The van der Waals surface area contributed by atoms with Gasteiger partial charge in [-0.3, -0.25) is 0 Å². The fourth-order valence-electron chi connectivity index (χ4n) is 7.38. The van der Waals surface area contributed by atoms with Gasteiger partial charge in [0.05, 0.1) is 12.2 Å². The summed E-state index contributed by atoms with van der Waals surface area (Å²) in [6, 6.07) is 19.6. The van der Waals surface area contributed by atoms with E-state index >= 15 is 0 Å². The van der Waals surface area contributed by atoms with Crippen molar-refractivity contribution < 1.29 is 30.3 Å². The van der Waals surface area contributed by atoms with Crippen LogP contribution in [0.1, 0.15) is 84.6 Å². The van der Waals surface area contributed by atoms with Crippen LogP contribution in [-0.4, -0.2) is 27.4 Å². The Hall–Kier alpha value is -1.58. The van der Waals surface area contributed by atoms with Gasteiger partial charge in [0, 0.05) is 32.2 Å². The molecule has 1 aromatic heterocycles. The van der Waals surface area contributed by atoms with Crippen molar-refractivity contribution in [1.29, 1.82) is 0 Å². The molecule has 1 heterocycles. The minimum absolute atomic E-state index is 0. The summed E-state index contributed by atoms with van der Waals surface area (Å²) in [6.07, 6.45) is 10.1. The van der Waals surface area contributed by atoms with E-state index in [-0.39, 0.29) is 49.1 Å². The van der Waals surface area contributed by atoms with Gasteiger partial charge < -0.3 is 15.2 Å². The Bertz CT molecular complexity index is 1160. The molecule has 0 bridgehead atoms. The molecule has 0 spiro atoms. The number of hydrogen-bond donors (Lipinski definition) is 2. The van der Waals surface area contributed by atoms with Crippen LogP contribution >= 0.6 is 0 Å². The first-order valence-electron chi connectivity index (χ1n) is 14.5. The van der Waals surface area contributed by atoms with Gasteiger partial charge in [-0.1, -0.05) is 57.9 Å². The third kappa shape index (κ3) is 5.94. The molecule has 2 aliphatic rings. The van der Waals surface area contributed by atoms with Crippen molar-refractivity contribution in [2.75, 3.05) is 0 Å². The zero-order valence-corrected chi connectivity index (χ0v) is 26.2. The van der Waals surface area contributed by atoms with Crippen LogP contribution in [-0.2, 0) is 20.1 Å². The predicted molar refractivity (Wildman–Crippen MR) is 154 cm³/mol.